The minimum atomic E-state index is -3.81. The zero-order valence-electron chi connectivity index (χ0n) is 18.4. The zero-order valence-corrected chi connectivity index (χ0v) is 25.3. The summed E-state index contributed by atoms with van der Waals surface area (Å²) >= 11 is 14.4. The Labute approximate surface area is 211 Å². The zero-order chi connectivity index (χ0) is 27.7. The van der Waals surface area contributed by atoms with Crippen LogP contribution in [0.4, 0.5) is 0 Å². The van der Waals surface area contributed by atoms with Crippen molar-refractivity contribution in [2.24, 2.45) is 0 Å². The molecule has 0 atom stereocenters. The highest BCUT2D eigenvalue weighted by Gasteiger charge is 1.93. The highest BCUT2D eigenvalue weighted by Crippen LogP contribution is 2.27. The van der Waals surface area contributed by atoms with E-state index in [0.717, 1.165) is 0 Å². The van der Waals surface area contributed by atoms with Crippen LogP contribution in [-0.2, 0) is 47.2 Å². The molecule has 0 fully saturated rings. The van der Waals surface area contributed by atoms with Crippen molar-refractivity contribution in [1.29, 1.82) is 0 Å². The Morgan fingerprint density at radius 3 is 0.438 bits per heavy atom. The quantitative estimate of drug-likeness (QED) is 0.148. The summed E-state index contributed by atoms with van der Waals surface area (Å²) in [6.07, 6.45) is 11.1. The largest absolute Gasteiger partial charge is 0.325 e. The molecule has 204 valence electrons. The minimum absolute atomic E-state index is 1.36. The lowest BCUT2D eigenvalue weighted by Gasteiger charge is -1.88. The van der Waals surface area contributed by atoms with E-state index in [1.807, 2.05) is 0 Å². The maximum absolute atomic E-state index is 7.56. The molecule has 0 aromatic rings. The fourth-order valence-electron chi connectivity index (χ4n) is 1.000. The third kappa shape index (κ3) is 472. The monoisotopic (exact) mass is 628 g/mol. The van der Waals surface area contributed by atoms with E-state index in [1.54, 1.807) is 0 Å². The molecule has 0 heterocycles. The van der Waals surface area contributed by atoms with Gasteiger partial charge >= 0.3 is 26.9 Å². The molecule has 0 amide bonds. The van der Waals surface area contributed by atoms with Crippen LogP contribution in [0.1, 0.15) is 79.1 Å². The van der Waals surface area contributed by atoms with Crippen LogP contribution < -0.4 is 0 Å². The van der Waals surface area contributed by atoms with Gasteiger partial charge in [-0.2, -0.15) is 0 Å². The molecule has 0 aromatic carbocycles. The summed E-state index contributed by atoms with van der Waals surface area (Å²) in [5.41, 5.74) is 0. The molecule has 0 saturated heterocycles. The number of hydrogen-bond acceptors (Lipinski definition) is 4. The molecule has 20 heteroatoms. The van der Waals surface area contributed by atoms with Gasteiger partial charge in [0.25, 0.3) is 0 Å². The smallest absolute Gasteiger partial charge is 0.319 e. The van der Waals surface area contributed by atoms with Gasteiger partial charge in [0, 0.05) is 0 Å². The molecular formula is C12H40O12P4S4. The van der Waals surface area contributed by atoms with E-state index in [1.165, 1.54) is 51.4 Å². The second kappa shape index (κ2) is 29.4. The Morgan fingerprint density at radius 2 is 0.406 bits per heavy atom. The minimum Gasteiger partial charge on any atom is -0.325 e. The van der Waals surface area contributed by atoms with Crippen molar-refractivity contribution in [3.05, 3.63) is 0 Å². The molecule has 0 spiro atoms. The van der Waals surface area contributed by atoms with E-state index in [2.05, 4.69) is 74.9 Å². The van der Waals surface area contributed by atoms with Crippen molar-refractivity contribution in [2.45, 2.75) is 79.1 Å². The third-order valence-corrected chi connectivity index (χ3v) is 1.91. The molecule has 0 rings (SSSR count). The van der Waals surface area contributed by atoms with Crippen molar-refractivity contribution < 1.29 is 58.7 Å². The standard InChI is InChI=1S/2C6H14.4H3O3PS/c2*1-3-5-6-4-2;4*1-4(2,3)5/h2*3-6H2,1-2H3;4*(H3,1,2,3,5). The lowest BCUT2D eigenvalue weighted by molar-refractivity contribution is 0.361. The van der Waals surface area contributed by atoms with Gasteiger partial charge < -0.3 is 58.7 Å². The lowest BCUT2D eigenvalue weighted by atomic mass is 10.2. The van der Waals surface area contributed by atoms with Gasteiger partial charge in [0.05, 0.1) is 0 Å². The topological polar surface area (TPSA) is 243 Å². The van der Waals surface area contributed by atoms with Gasteiger partial charge in [-0.1, -0.05) is 79.1 Å². The fourth-order valence-corrected chi connectivity index (χ4v) is 1.000. The van der Waals surface area contributed by atoms with Crippen LogP contribution in [0.5, 0.6) is 0 Å². The van der Waals surface area contributed by atoms with E-state index in [0.29, 0.717) is 0 Å². The summed E-state index contributed by atoms with van der Waals surface area (Å²) in [6, 6.07) is 0. The first-order valence-electron chi connectivity index (χ1n) is 8.96. The predicted molar refractivity (Wildman–Crippen MR) is 143 cm³/mol. The van der Waals surface area contributed by atoms with Gasteiger partial charge in [0.15, 0.2) is 0 Å². The first-order valence-corrected chi connectivity index (χ1v) is 19.6. The Kier molecular flexibility index (Phi) is 43.4. The van der Waals surface area contributed by atoms with Crippen molar-refractivity contribution in [2.75, 3.05) is 0 Å². The van der Waals surface area contributed by atoms with Crippen LogP contribution in [0.3, 0.4) is 0 Å². The molecule has 12 nitrogen and oxygen atoms in total. The van der Waals surface area contributed by atoms with Crippen LogP contribution in [0, 0.1) is 0 Å². The number of hydrogen-bond donors (Lipinski definition) is 12. The molecule has 0 radical (unpaired) electrons. The third-order valence-electron chi connectivity index (χ3n) is 1.91. The number of unbranched alkanes of at least 4 members (excludes halogenated alkanes) is 6. The molecule has 0 aliphatic carbocycles. The normalized spacial score (nSPS) is 10.8. The molecule has 32 heavy (non-hydrogen) atoms. The summed E-state index contributed by atoms with van der Waals surface area (Å²) in [5, 5.41) is 0. The Bertz CT molecular complexity index is 417. The molecule has 0 aromatic heterocycles. The summed E-state index contributed by atoms with van der Waals surface area (Å²) in [4.78, 5) is 90.7. The first kappa shape index (κ1) is 47.3. The summed E-state index contributed by atoms with van der Waals surface area (Å²) in [7, 11) is 0. The van der Waals surface area contributed by atoms with Gasteiger partial charge in [0.2, 0.25) is 0 Å². The maximum Gasteiger partial charge on any atom is 0.319 e. The van der Waals surface area contributed by atoms with Crippen molar-refractivity contribution >= 4 is 74.1 Å². The summed E-state index contributed by atoms with van der Waals surface area (Å²) in [6.45, 7) is -6.30. The van der Waals surface area contributed by atoms with Crippen molar-refractivity contribution in [3.63, 3.8) is 0 Å². The predicted octanol–water partition coefficient (Wildman–Crippen LogP) is 1.92. The second-order valence-electron chi connectivity index (χ2n) is 5.47. The molecule has 0 saturated carbocycles. The van der Waals surface area contributed by atoms with Crippen LogP contribution in [0.25, 0.3) is 0 Å². The van der Waals surface area contributed by atoms with Gasteiger partial charge in [-0.15, -0.1) is 0 Å². The maximum atomic E-state index is 7.56. The Hall–Kier alpha value is 2.12. The Morgan fingerprint density at radius 1 is 0.344 bits per heavy atom. The van der Waals surface area contributed by atoms with E-state index < -0.39 is 26.9 Å². The molecule has 12 N–H and O–H groups in total. The molecule has 0 unspecified atom stereocenters. The summed E-state index contributed by atoms with van der Waals surface area (Å²) < 4.78 is 0. The van der Waals surface area contributed by atoms with Gasteiger partial charge in [-0.25, -0.2) is 0 Å². The summed E-state index contributed by atoms with van der Waals surface area (Å²) in [5.74, 6) is 0. The molecule has 0 bridgehead atoms. The van der Waals surface area contributed by atoms with Gasteiger partial charge in [0.1, 0.15) is 0 Å². The van der Waals surface area contributed by atoms with Crippen LogP contribution in [0.2, 0.25) is 0 Å². The Balaban J connectivity index is -0.0000000635. The van der Waals surface area contributed by atoms with E-state index >= 15 is 0 Å². The SMILES string of the molecule is CCCCCC.CCCCCC.OP(O)(O)=S.OP(O)(O)=S.OP(O)(O)=S.OP(O)(O)=S. The van der Waals surface area contributed by atoms with Gasteiger partial charge in [-0.05, 0) is 47.2 Å². The average molecular weight is 629 g/mol. The number of rotatable bonds is 6. The van der Waals surface area contributed by atoms with Gasteiger partial charge in [-0.3, -0.25) is 0 Å². The van der Waals surface area contributed by atoms with Crippen molar-refractivity contribution in [1.82, 2.24) is 0 Å². The van der Waals surface area contributed by atoms with Crippen LogP contribution in [0.15, 0.2) is 0 Å². The highest BCUT2D eigenvalue weighted by molar-refractivity contribution is 8.07. The molecule has 0 aliphatic rings. The van der Waals surface area contributed by atoms with Crippen LogP contribution >= 0.6 is 26.9 Å². The first-order chi connectivity index (χ1) is 13.8. The van der Waals surface area contributed by atoms with E-state index in [9.17, 15) is 0 Å². The molecular weight excluding hydrogens is 588 g/mol. The lowest BCUT2D eigenvalue weighted by Crippen LogP contribution is -1.66. The van der Waals surface area contributed by atoms with E-state index in [4.69, 9.17) is 58.7 Å². The van der Waals surface area contributed by atoms with Crippen molar-refractivity contribution in [3.8, 4) is 0 Å². The molecule has 0 aliphatic heterocycles. The average Bonchev–Trinajstić information content (AvgIpc) is 2.45. The second-order valence-corrected chi connectivity index (χ2v) is 15.5. The van der Waals surface area contributed by atoms with E-state index in [-0.39, 0.29) is 0 Å². The highest BCUT2D eigenvalue weighted by atomic mass is 32.5. The van der Waals surface area contributed by atoms with Crippen LogP contribution in [-0.4, -0.2) is 58.7 Å². The fraction of sp³-hybridized carbons (Fsp3) is 1.00.